The van der Waals surface area contributed by atoms with E-state index in [0.717, 1.165) is 18.3 Å². The Balaban J connectivity index is 0.00000420. The fourth-order valence-electron chi connectivity index (χ4n) is 2.06. The van der Waals surface area contributed by atoms with Crippen LogP contribution in [-0.4, -0.2) is 64.1 Å². The maximum absolute atomic E-state index is 12.6. The molecule has 0 aliphatic carbocycles. The van der Waals surface area contributed by atoms with Crippen molar-refractivity contribution in [3.8, 4) is 0 Å². The molecule has 13 nitrogen and oxygen atoms in total. The normalized spacial score (nSPS) is 19.3. The molecule has 0 spiro atoms. The molecule has 29 heavy (non-hydrogen) atoms. The molecule has 1 aliphatic rings. The molecule has 0 bridgehead atoms. The number of hydrogen-bond acceptors (Lipinski definition) is 12. The Labute approximate surface area is 191 Å². The van der Waals surface area contributed by atoms with E-state index in [1.54, 1.807) is 13.8 Å². The van der Waals surface area contributed by atoms with Crippen molar-refractivity contribution in [3.05, 3.63) is 11.1 Å². The number of nitrogens with one attached hydrogen (secondary N) is 1. The summed E-state index contributed by atoms with van der Waals surface area (Å²) in [4.78, 5) is 44.7. The van der Waals surface area contributed by atoms with Crippen molar-refractivity contribution in [2.24, 2.45) is 5.16 Å². The minimum absolute atomic E-state index is 0. The summed E-state index contributed by atoms with van der Waals surface area (Å²) in [6.07, 6.45) is -2.21. The Hall–Kier alpha value is -1.78. The maximum atomic E-state index is 12.6. The summed E-state index contributed by atoms with van der Waals surface area (Å²) >= 11 is 1.02. The van der Waals surface area contributed by atoms with Gasteiger partial charge in [0.15, 0.2) is 27.2 Å². The van der Waals surface area contributed by atoms with Crippen LogP contribution in [0.4, 0.5) is 5.13 Å². The number of nitrogens with zero attached hydrogens (tertiary/aromatic N) is 3. The van der Waals surface area contributed by atoms with Gasteiger partial charge in [-0.15, -0.1) is 11.3 Å². The van der Waals surface area contributed by atoms with Gasteiger partial charge in [-0.1, -0.05) is 5.16 Å². The predicted molar refractivity (Wildman–Crippen MR) is 93.3 cm³/mol. The van der Waals surface area contributed by atoms with Crippen LogP contribution in [0.15, 0.2) is 10.5 Å². The van der Waals surface area contributed by atoms with Crippen LogP contribution in [-0.2, 0) is 34.3 Å². The molecule has 0 saturated carbocycles. The summed E-state index contributed by atoms with van der Waals surface area (Å²) in [7, 11) is -5.25. The van der Waals surface area contributed by atoms with Crippen molar-refractivity contribution in [3.63, 3.8) is 0 Å². The molecule has 2 amide bonds. The quantitative estimate of drug-likeness (QED) is 0.101. The number of anilines is 1. The number of hydrogen-bond donors (Lipinski definition) is 2. The molecule has 1 aliphatic heterocycles. The van der Waals surface area contributed by atoms with Crippen molar-refractivity contribution in [1.82, 2.24) is 14.6 Å². The summed E-state index contributed by atoms with van der Waals surface area (Å²) in [5.74, 6) is -3.21. The summed E-state index contributed by atoms with van der Waals surface area (Å²) in [5, 5.41) is 7.39. The fourth-order valence-corrected chi connectivity index (χ4v) is 3.36. The van der Waals surface area contributed by atoms with Crippen molar-refractivity contribution in [2.45, 2.75) is 39.1 Å². The number of carbonyl (C=O) groups excluding carboxylic acids is 3. The number of aromatic nitrogens is 1. The van der Waals surface area contributed by atoms with Gasteiger partial charge in [-0.2, -0.15) is 0 Å². The standard InChI is InChI=1S/C13H17N5O8S2.Na/c1-5(2)26-17-8(7-4-27-13(14)15-7)10(20)16-9-11(21)18(28(22,23)24)12(9)25-6(3)19;/h4-5,9,12H,1-3H3,(H2,14,15)(H,16,20)(H,22,23,24);/q;+1/p-1/b17-8+;/t9-,12+;/m1./s1. The number of nitrogens with two attached hydrogens (primary N) is 1. The summed E-state index contributed by atoms with van der Waals surface area (Å²) in [5.41, 5.74) is 5.23. The molecule has 16 heteroatoms. The van der Waals surface area contributed by atoms with E-state index in [2.05, 4.69) is 20.2 Å². The first-order valence-electron chi connectivity index (χ1n) is 7.64. The first kappa shape index (κ1) is 25.3. The van der Waals surface area contributed by atoms with E-state index in [1.165, 1.54) is 5.38 Å². The van der Waals surface area contributed by atoms with Gasteiger partial charge in [-0.05, 0) is 13.8 Å². The second-order valence-electron chi connectivity index (χ2n) is 5.71. The van der Waals surface area contributed by atoms with Crippen molar-refractivity contribution < 1.29 is 66.5 Å². The van der Waals surface area contributed by atoms with Crippen LogP contribution in [0.2, 0.25) is 0 Å². The number of β-lactam (4-membered cyclic amide) rings is 1. The van der Waals surface area contributed by atoms with Gasteiger partial charge in [0.1, 0.15) is 11.8 Å². The van der Waals surface area contributed by atoms with Gasteiger partial charge in [-0.3, -0.25) is 14.4 Å². The van der Waals surface area contributed by atoms with Crippen LogP contribution < -0.4 is 40.6 Å². The van der Waals surface area contributed by atoms with E-state index in [-0.39, 0.29) is 56.5 Å². The van der Waals surface area contributed by atoms with E-state index in [0.29, 0.717) is 0 Å². The molecule has 0 unspecified atom stereocenters. The minimum atomic E-state index is -5.25. The average molecular weight is 457 g/mol. The zero-order valence-corrected chi connectivity index (χ0v) is 19.4. The molecular formula is C13H16N5NaO8S2. The molecular weight excluding hydrogens is 441 g/mol. The Morgan fingerprint density at radius 1 is 1.45 bits per heavy atom. The topological polar surface area (TPSA) is 193 Å². The molecule has 3 N–H and O–H groups in total. The SMILES string of the molecule is CC(=O)O[C@H]1[C@H](NC(=O)/C(=N/OC(C)C)c2csc(N)n2)C(=O)N1S(=O)(=O)[O-].[Na+]. The summed E-state index contributed by atoms with van der Waals surface area (Å²) < 4.78 is 38.0. The van der Waals surface area contributed by atoms with Gasteiger partial charge in [-0.25, -0.2) is 17.7 Å². The Bertz CT molecular complexity index is 931. The van der Waals surface area contributed by atoms with Gasteiger partial charge in [0.2, 0.25) is 6.23 Å². The third kappa shape index (κ3) is 6.10. The summed E-state index contributed by atoms with van der Waals surface area (Å²) in [6.45, 7) is 4.24. The molecule has 1 fully saturated rings. The average Bonchev–Trinajstić information content (AvgIpc) is 2.96. The van der Waals surface area contributed by atoms with Gasteiger partial charge in [0.05, 0.1) is 0 Å². The first-order chi connectivity index (χ1) is 12.9. The maximum Gasteiger partial charge on any atom is 1.00 e. The van der Waals surface area contributed by atoms with Crippen LogP contribution in [0.5, 0.6) is 0 Å². The molecule has 0 aromatic carbocycles. The van der Waals surface area contributed by atoms with Crippen LogP contribution >= 0.6 is 11.3 Å². The predicted octanol–water partition coefficient (Wildman–Crippen LogP) is -4.47. The Morgan fingerprint density at radius 3 is 2.52 bits per heavy atom. The minimum Gasteiger partial charge on any atom is -0.731 e. The third-order valence-corrected chi connectivity index (χ3v) is 4.69. The number of nitrogen functional groups attached to an aromatic ring is 1. The van der Waals surface area contributed by atoms with Gasteiger partial charge >= 0.3 is 35.5 Å². The van der Waals surface area contributed by atoms with E-state index in [9.17, 15) is 27.4 Å². The zero-order chi connectivity index (χ0) is 21.2. The zero-order valence-electron chi connectivity index (χ0n) is 15.8. The Morgan fingerprint density at radius 2 is 2.07 bits per heavy atom. The molecule has 0 radical (unpaired) electrons. The van der Waals surface area contributed by atoms with Crippen LogP contribution in [0.3, 0.4) is 0 Å². The molecule has 154 valence electrons. The number of amides is 2. The van der Waals surface area contributed by atoms with Gasteiger partial charge < -0.3 is 25.2 Å². The molecule has 1 aromatic rings. The van der Waals surface area contributed by atoms with E-state index in [1.807, 2.05) is 0 Å². The second-order valence-corrected chi connectivity index (χ2v) is 7.85. The van der Waals surface area contributed by atoms with Crippen LogP contribution in [0.25, 0.3) is 0 Å². The summed E-state index contributed by atoms with van der Waals surface area (Å²) in [6, 6.07) is -1.61. The van der Waals surface area contributed by atoms with Crippen LogP contribution in [0, 0.1) is 0 Å². The molecule has 2 atom stereocenters. The van der Waals surface area contributed by atoms with E-state index >= 15 is 0 Å². The van der Waals surface area contributed by atoms with Crippen molar-refractivity contribution in [1.29, 1.82) is 0 Å². The number of thiazole rings is 1. The number of carbonyl (C=O) groups is 3. The number of ether oxygens (including phenoxy) is 1. The largest absolute Gasteiger partial charge is 1.00 e. The Kier molecular flexibility index (Phi) is 8.55. The molecule has 2 heterocycles. The van der Waals surface area contributed by atoms with Gasteiger partial charge in [0, 0.05) is 12.3 Å². The second kappa shape index (κ2) is 9.82. The third-order valence-electron chi connectivity index (χ3n) is 3.15. The monoisotopic (exact) mass is 457 g/mol. The van der Waals surface area contributed by atoms with Crippen molar-refractivity contribution >= 4 is 50.3 Å². The van der Waals surface area contributed by atoms with Crippen molar-refractivity contribution in [2.75, 3.05) is 5.73 Å². The van der Waals surface area contributed by atoms with E-state index < -0.39 is 40.4 Å². The number of oxime groups is 1. The molecule has 2 rings (SSSR count). The van der Waals surface area contributed by atoms with Crippen LogP contribution in [0.1, 0.15) is 26.5 Å². The number of esters is 1. The van der Waals surface area contributed by atoms with E-state index in [4.69, 9.17) is 10.6 Å². The van der Waals surface area contributed by atoms with Gasteiger partial charge in [0.25, 0.3) is 11.8 Å². The molecule has 1 saturated heterocycles. The fraction of sp³-hybridized carbons (Fsp3) is 0.462. The smallest absolute Gasteiger partial charge is 0.731 e. The number of rotatable bonds is 7. The first-order valence-corrected chi connectivity index (χ1v) is 9.88. The molecule has 1 aromatic heterocycles.